The van der Waals surface area contributed by atoms with Gasteiger partial charge in [-0.1, -0.05) is 12.1 Å². The van der Waals surface area contributed by atoms with E-state index in [0.29, 0.717) is 0 Å². The summed E-state index contributed by atoms with van der Waals surface area (Å²) in [6.07, 6.45) is 3.15. The quantitative estimate of drug-likeness (QED) is 0.630. The van der Waals surface area contributed by atoms with Crippen LogP contribution < -0.4 is 9.47 Å². The molecule has 1 heterocycles. The lowest BCUT2D eigenvalue weighted by Crippen LogP contribution is -2.07. The molecule has 0 fully saturated rings. The zero-order valence-electron chi connectivity index (χ0n) is 7.04. The molecule has 12 heavy (non-hydrogen) atoms. The summed E-state index contributed by atoms with van der Waals surface area (Å²) < 4.78 is 10.7. The highest BCUT2D eigenvalue weighted by molar-refractivity contribution is 5.50. The van der Waals surface area contributed by atoms with Crippen LogP contribution in [-0.4, -0.2) is 13.7 Å². The smallest absolute Gasteiger partial charge is 0.164 e. The number of benzene rings is 1. The summed E-state index contributed by atoms with van der Waals surface area (Å²) in [6, 6.07) is 5.93. The van der Waals surface area contributed by atoms with Crippen LogP contribution in [0.3, 0.4) is 0 Å². The molecular formula is C10H11O2. The van der Waals surface area contributed by atoms with Crippen LogP contribution in [0.25, 0.3) is 0 Å². The van der Waals surface area contributed by atoms with E-state index >= 15 is 0 Å². The van der Waals surface area contributed by atoms with Gasteiger partial charge in [0.1, 0.15) is 0 Å². The van der Waals surface area contributed by atoms with Crippen molar-refractivity contribution >= 4 is 0 Å². The van der Waals surface area contributed by atoms with Gasteiger partial charge in [-0.15, -0.1) is 0 Å². The van der Waals surface area contributed by atoms with Crippen molar-refractivity contribution in [3.63, 3.8) is 0 Å². The number of hydrogen-bond acceptors (Lipinski definition) is 2. The van der Waals surface area contributed by atoms with Crippen LogP contribution in [0.4, 0.5) is 0 Å². The third kappa shape index (κ3) is 1.13. The molecule has 1 radical (unpaired) electrons. The molecule has 1 aliphatic heterocycles. The fourth-order valence-electron chi connectivity index (χ4n) is 1.38. The van der Waals surface area contributed by atoms with E-state index in [0.717, 1.165) is 30.1 Å². The van der Waals surface area contributed by atoms with Crippen molar-refractivity contribution in [1.82, 2.24) is 0 Å². The van der Waals surface area contributed by atoms with Crippen molar-refractivity contribution in [2.45, 2.75) is 6.42 Å². The maximum Gasteiger partial charge on any atom is 0.164 e. The first-order chi connectivity index (χ1) is 5.92. The van der Waals surface area contributed by atoms with Crippen LogP contribution in [0.2, 0.25) is 0 Å². The molecule has 2 nitrogen and oxygen atoms in total. The zero-order valence-corrected chi connectivity index (χ0v) is 7.04. The van der Waals surface area contributed by atoms with Gasteiger partial charge in [0, 0.05) is 5.56 Å². The van der Waals surface area contributed by atoms with Gasteiger partial charge < -0.3 is 9.47 Å². The van der Waals surface area contributed by atoms with Crippen LogP contribution >= 0.6 is 0 Å². The lowest BCUT2D eigenvalue weighted by Gasteiger charge is -2.18. The Labute approximate surface area is 72.1 Å². The van der Waals surface area contributed by atoms with Crippen molar-refractivity contribution in [2.24, 2.45) is 0 Å². The molecule has 0 N–H and O–H groups in total. The number of fused-ring (bicyclic) bond motifs is 1. The van der Waals surface area contributed by atoms with Crippen LogP contribution in [0.5, 0.6) is 11.5 Å². The van der Waals surface area contributed by atoms with Gasteiger partial charge in [0.25, 0.3) is 0 Å². The molecule has 0 spiro atoms. The first-order valence-electron chi connectivity index (χ1n) is 4.05. The Kier molecular flexibility index (Phi) is 1.90. The molecule has 1 aromatic rings. The van der Waals surface area contributed by atoms with Crippen molar-refractivity contribution in [3.05, 3.63) is 30.2 Å². The van der Waals surface area contributed by atoms with Gasteiger partial charge in [-0.3, -0.25) is 0 Å². The largest absolute Gasteiger partial charge is 0.493 e. The highest BCUT2D eigenvalue weighted by Gasteiger charge is 2.14. The molecule has 0 unspecified atom stereocenters. The zero-order chi connectivity index (χ0) is 8.39. The van der Waals surface area contributed by atoms with Gasteiger partial charge in [0.2, 0.25) is 0 Å². The molecule has 2 rings (SSSR count). The highest BCUT2D eigenvalue weighted by Crippen LogP contribution is 2.34. The molecule has 0 aromatic heterocycles. The minimum absolute atomic E-state index is 0.757. The molecule has 0 bridgehead atoms. The fraction of sp³-hybridized carbons (Fsp3) is 0.300. The van der Waals surface area contributed by atoms with Gasteiger partial charge in [-0.05, 0) is 18.9 Å². The van der Waals surface area contributed by atoms with E-state index < -0.39 is 0 Å². The summed E-state index contributed by atoms with van der Waals surface area (Å²) in [5, 5.41) is 0. The molecule has 1 aromatic carbocycles. The minimum atomic E-state index is 0.757. The first kappa shape index (κ1) is 7.47. The van der Waals surface area contributed by atoms with Gasteiger partial charge >= 0.3 is 0 Å². The second-order valence-corrected chi connectivity index (χ2v) is 2.72. The van der Waals surface area contributed by atoms with Crippen molar-refractivity contribution < 1.29 is 9.47 Å². The normalized spacial score (nSPS) is 14.8. The van der Waals surface area contributed by atoms with Crippen LogP contribution in [0, 0.1) is 6.42 Å². The highest BCUT2D eigenvalue weighted by atomic mass is 16.5. The summed E-state index contributed by atoms with van der Waals surface area (Å²) in [5.74, 6) is 1.70. The molecular weight excluding hydrogens is 152 g/mol. The van der Waals surface area contributed by atoms with E-state index in [4.69, 9.17) is 9.47 Å². The van der Waals surface area contributed by atoms with E-state index in [9.17, 15) is 0 Å². The minimum Gasteiger partial charge on any atom is -0.493 e. The lowest BCUT2D eigenvalue weighted by atomic mass is 10.1. The Morgan fingerprint density at radius 1 is 1.42 bits per heavy atom. The van der Waals surface area contributed by atoms with Crippen molar-refractivity contribution in [2.75, 3.05) is 13.7 Å². The van der Waals surface area contributed by atoms with E-state index in [2.05, 4.69) is 6.42 Å². The molecule has 0 saturated carbocycles. The summed E-state index contributed by atoms with van der Waals surface area (Å²) in [6.45, 7) is 0.757. The number of ether oxygens (including phenoxy) is 2. The van der Waals surface area contributed by atoms with E-state index in [1.807, 2.05) is 18.2 Å². The molecule has 1 aliphatic rings. The molecule has 0 aliphatic carbocycles. The molecule has 0 atom stereocenters. The Hall–Kier alpha value is -1.18. The fourth-order valence-corrected chi connectivity index (χ4v) is 1.38. The SMILES string of the molecule is COc1cccc2c1OCC[CH]2. The third-order valence-electron chi connectivity index (χ3n) is 1.96. The third-order valence-corrected chi connectivity index (χ3v) is 1.96. The predicted molar refractivity (Wildman–Crippen MR) is 46.5 cm³/mol. The predicted octanol–water partition coefficient (Wildman–Crippen LogP) is 2.03. The Morgan fingerprint density at radius 3 is 3.17 bits per heavy atom. The lowest BCUT2D eigenvalue weighted by molar-refractivity contribution is 0.284. The molecule has 63 valence electrons. The van der Waals surface area contributed by atoms with Crippen molar-refractivity contribution in [1.29, 1.82) is 0 Å². The van der Waals surface area contributed by atoms with Gasteiger partial charge in [0.05, 0.1) is 13.7 Å². The van der Waals surface area contributed by atoms with Gasteiger partial charge in [0.15, 0.2) is 11.5 Å². The summed E-state index contributed by atoms with van der Waals surface area (Å²) >= 11 is 0. The maximum absolute atomic E-state index is 5.49. The number of hydrogen-bond donors (Lipinski definition) is 0. The maximum atomic E-state index is 5.49. The molecule has 0 saturated heterocycles. The van der Waals surface area contributed by atoms with E-state index in [1.54, 1.807) is 7.11 Å². The summed E-state index contributed by atoms with van der Waals surface area (Å²) in [4.78, 5) is 0. The summed E-state index contributed by atoms with van der Waals surface area (Å²) in [7, 11) is 1.66. The van der Waals surface area contributed by atoms with Gasteiger partial charge in [-0.2, -0.15) is 0 Å². The Morgan fingerprint density at radius 2 is 2.33 bits per heavy atom. The topological polar surface area (TPSA) is 18.5 Å². The number of rotatable bonds is 1. The van der Waals surface area contributed by atoms with E-state index in [1.165, 1.54) is 0 Å². The second kappa shape index (κ2) is 3.05. The first-order valence-corrected chi connectivity index (χ1v) is 4.05. The average molecular weight is 163 g/mol. The Balaban J connectivity index is 2.44. The van der Waals surface area contributed by atoms with Gasteiger partial charge in [-0.25, -0.2) is 0 Å². The van der Waals surface area contributed by atoms with Crippen molar-refractivity contribution in [3.8, 4) is 11.5 Å². The second-order valence-electron chi connectivity index (χ2n) is 2.72. The molecule has 0 amide bonds. The number of methoxy groups -OCH3 is 1. The van der Waals surface area contributed by atoms with E-state index in [-0.39, 0.29) is 0 Å². The molecule has 2 heteroatoms. The van der Waals surface area contributed by atoms with Crippen LogP contribution in [0.1, 0.15) is 12.0 Å². The van der Waals surface area contributed by atoms with Crippen LogP contribution in [0.15, 0.2) is 18.2 Å². The summed E-state index contributed by atoms with van der Waals surface area (Å²) in [5.41, 5.74) is 1.14. The Bertz CT molecular complexity index is 267. The van der Waals surface area contributed by atoms with Crippen LogP contribution in [-0.2, 0) is 0 Å². The standard InChI is InChI=1S/C10H11O2/c1-11-9-6-2-4-8-5-3-7-12-10(8)9/h2,4-6H,3,7H2,1H3. The number of para-hydroxylation sites is 1. The average Bonchev–Trinajstić information content (AvgIpc) is 2.17. The monoisotopic (exact) mass is 163 g/mol.